The lowest BCUT2D eigenvalue weighted by atomic mass is 10.2. The molecule has 0 aromatic carbocycles. The van der Waals surface area contributed by atoms with Crippen LogP contribution in [0.1, 0.15) is 0 Å². The van der Waals surface area contributed by atoms with E-state index in [-0.39, 0.29) is 19.6 Å². The lowest BCUT2D eigenvalue weighted by Gasteiger charge is -2.13. The van der Waals surface area contributed by atoms with Crippen molar-refractivity contribution in [2.75, 3.05) is 13.1 Å². The summed E-state index contributed by atoms with van der Waals surface area (Å²) in [5, 5.41) is 26.4. The highest BCUT2D eigenvalue weighted by molar-refractivity contribution is 5.32. The highest BCUT2D eigenvalue weighted by Gasteiger charge is 2.40. The fourth-order valence-corrected chi connectivity index (χ4v) is 0.658. The average molecular weight is 167 g/mol. The van der Waals surface area contributed by atoms with Gasteiger partial charge in [0.1, 0.15) is 6.10 Å². The maximum Gasteiger partial charge on any atom is 0.290 e. The third-order valence-electron chi connectivity index (χ3n) is 1.22. The molecule has 0 radical (unpaired) electrons. The van der Waals surface area contributed by atoms with Crippen molar-refractivity contribution in [1.29, 1.82) is 0 Å². The Morgan fingerprint density at radius 3 is 2.27 bits per heavy atom. The van der Waals surface area contributed by atoms with Crippen LogP contribution in [0, 0.1) is 0 Å². The Hall–Kier alpha value is -0.720. The summed E-state index contributed by atoms with van der Waals surface area (Å²) in [6.07, 6.45) is -1.26. The molecular weight excluding hydrogens is 157 g/mol. The Bertz CT molecular complexity index is 130. The molecule has 66 valence electrons. The largest absolute Gasteiger partial charge is 0.483 e. The molecule has 0 bridgehead atoms. The van der Waals surface area contributed by atoms with Gasteiger partial charge in [0.2, 0.25) is 5.85 Å². The Kier molecular flexibility index (Phi) is 3.94. The van der Waals surface area contributed by atoms with Gasteiger partial charge in [-0.3, -0.25) is 4.79 Å². The summed E-state index contributed by atoms with van der Waals surface area (Å²) in [5.41, 5.74) is 0. The second-order valence-electron chi connectivity index (χ2n) is 2.07. The molecule has 0 saturated carbocycles. The Balaban J connectivity index is 0.000000292. The van der Waals surface area contributed by atoms with Gasteiger partial charge in [0.15, 0.2) is 0 Å². The third kappa shape index (κ3) is 3.26. The molecule has 0 spiro atoms. The average Bonchev–Trinajstić information content (AvgIpc) is 2.14. The van der Waals surface area contributed by atoms with Crippen LogP contribution in [0.5, 0.6) is 0 Å². The first kappa shape index (κ1) is 10.3. The van der Waals surface area contributed by atoms with E-state index in [2.05, 4.69) is 5.32 Å². The second kappa shape index (κ2) is 4.22. The topological polar surface area (TPSA) is 89.8 Å². The van der Waals surface area contributed by atoms with Crippen LogP contribution in [0.15, 0.2) is 0 Å². The van der Waals surface area contributed by atoms with E-state index in [9.17, 15) is 4.39 Å². The summed E-state index contributed by atoms with van der Waals surface area (Å²) in [7, 11) is 0. The van der Waals surface area contributed by atoms with Gasteiger partial charge in [-0.2, -0.15) is 0 Å². The number of hydrogen-bond donors (Lipinski definition) is 4. The summed E-state index contributed by atoms with van der Waals surface area (Å²) >= 11 is 0. The first-order valence-corrected chi connectivity index (χ1v) is 2.92. The van der Waals surface area contributed by atoms with Crippen molar-refractivity contribution in [1.82, 2.24) is 5.32 Å². The van der Waals surface area contributed by atoms with Crippen molar-refractivity contribution < 1.29 is 24.5 Å². The van der Waals surface area contributed by atoms with E-state index in [4.69, 9.17) is 20.1 Å². The molecule has 6 heteroatoms. The van der Waals surface area contributed by atoms with Gasteiger partial charge < -0.3 is 20.6 Å². The van der Waals surface area contributed by atoms with Crippen LogP contribution in [0.3, 0.4) is 0 Å². The van der Waals surface area contributed by atoms with Crippen molar-refractivity contribution in [3.05, 3.63) is 0 Å². The second-order valence-corrected chi connectivity index (χ2v) is 2.07. The van der Waals surface area contributed by atoms with Gasteiger partial charge in [0.25, 0.3) is 6.47 Å². The number of carboxylic acid groups (broad SMARTS) is 1. The first-order valence-electron chi connectivity index (χ1n) is 2.92. The molecule has 0 aliphatic carbocycles. The molecule has 0 amide bonds. The maximum absolute atomic E-state index is 12.2. The minimum atomic E-state index is -2.40. The van der Waals surface area contributed by atoms with E-state index in [1.807, 2.05) is 0 Å². The number of halogens is 1. The number of alkyl halides is 1. The molecule has 1 saturated heterocycles. The monoisotopic (exact) mass is 167 g/mol. The molecule has 11 heavy (non-hydrogen) atoms. The maximum atomic E-state index is 12.2. The molecule has 2 atom stereocenters. The Labute approximate surface area is 62.5 Å². The summed E-state index contributed by atoms with van der Waals surface area (Å²) in [4.78, 5) is 8.36. The van der Waals surface area contributed by atoms with Crippen LogP contribution in [0.25, 0.3) is 0 Å². The minimum absolute atomic E-state index is 0.132. The van der Waals surface area contributed by atoms with Crippen molar-refractivity contribution in [3.63, 3.8) is 0 Å². The molecule has 1 fully saturated rings. The molecule has 1 rings (SSSR count). The van der Waals surface area contributed by atoms with Gasteiger partial charge in [0.05, 0.1) is 6.54 Å². The van der Waals surface area contributed by atoms with Gasteiger partial charge >= 0.3 is 0 Å². The number of carbonyl (C=O) groups is 1. The molecular formula is C5H10FNO4. The Morgan fingerprint density at radius 2 is 2.18 bits per heavy atom. The molecule has 2 unspecified atom stereocenters. The smallest absolute Gasteiger partial charge is 0.290 e. The number of hydrogen-bond acceptors (Lipinski definition) is 4. The first-order chi connectivity index (χ1) is 5.04. The van der Waals surface area contributed by atoms with Crippen LogP contribution in [0.2, 0.25) is 0 Å². The van der Waals surface area contributed by atoms with Crippen molar-refractivity contribution in [2.45, 2.75) is 12.0 Å². The fraction of sp³-hybridized carbons (Fsp3) is 0.800. The highest BCUT2D eigenvalue weighted by atomic mass is 19.2. The molecule has 1 heterocycles. The lowest BCUT2D eigenvalue weighted by Crippen LogP contribution is -2.36. The van der Waals surface area contributed by atoms with Crippen LogP contribution < -0.4 is 5.32 Å². The van der Waals surface area contributed by atoms with Gasteiger partial charge in [0, 0.05) is 6.54 Å². The summed E-state index contributed by atoms with van der Waals surface area (Å²) < 4.78 is 12.2. The molecule has 0 aromatic rings. The number of β-amino-alcohol motifs (C(OH)–C–C–N with tert-alkyl or cyclic N) is 2. The van der Waals surface area contributed by atoms with Crippen LogP contribution in [-0.2, 0) is 4.79 Å². The van der Waals surface area contributed by atoms with E-state index in [0.29, 0.717) is 0 Å². The number of aliphatic hydroxyl groups is 2. The Morgan fingerprint density at radius 1 is 1.73 bits per heavy atom. The van der Waals surface area contributed by atoms with Gasteiger partial charge in [-0.05, 0) is 0 Å². The van der Waals surface area contributed by atoms with Crippen molar-refractivity contribution in [3.8, 4) is 0 Å². The van der Waals surface area contributed by atoms with E-state index in [1.165, 1.54) is 0 Å². The van der Waals surface area contributed by atoms with E-state index in [0.717, 1.165) is 0 Å². The van der Waals surface area contributed by atoms with E-state index in [1.54, 1.807) is 0 Å². The molecule has 0 aromatic heterocycles. The predicted molar refractivity (Wildman–Crippen MR) is 33.6 cm³/mol. The lowest BCUT2D eigenvalue weighted by molar-refractivity contribution is -0.137. The summed E-state index contributed by atoms with van der Waals surface area (Å²) in [6, 6.07) is 0. The third-order valence-corrected chi connectivity index (χ3v) is 1.22. The van der Waals surface area contributed by atoms with Gasteiger partial charge in [-0.15, -0.1) is 0 Å². The molecule has 5 nitrogen and oxygen atoms in total. The summed E-state index contributed by atoms with van der Waals surface area (Å²) in [6.45, 7) is -0.291. The standard InChI is InChI=1S/C4H8FNO2.CH2O2/c5-4(8)2-6-1-3(4)7;2-1-3/h3,6-8H,1-2H2;1H,(H,2,3). The molecule has 1 aliphatic rings. The minimum Gasteiger partial charge on any atom is -0.483 e. The number of aliphatic hydroxyl groups excluding tert-OH is 1. The van der Waals surface area contributed by atoms with Gasteiger partial charge in [-0.25, -0.2) is 4.39 Å². The zero-order chi connectivity index (χ0) is 8.91. The fourth-order valence-electron chi connectivity index (χ4n) is 0.658. The number of nitrogens with one attached hydrogen (secondary N) is 1. The van der Waals surface area contributed by atoms with Crippen LogP contribution >= 0.6 is 0 Å². The normalized spacial score (nSPS) is 35.7. The highest BCUT2D eigenvalue weighted by Crippen LogP contribution is 2.15. The molecule has 1 aliphatic heterocycles. The summed E-state index contributed by atoms with van der Waals surface area (Å²) in [5.74, 6) is -2.40. The number of rotatable bonds is 0. The molecule has 4 N–H and O–H groups in total. The zero-order valence-corrected chi connectivity index (χ0v) is 5.70. The zero-order valence-electron chi connectivity index (χ0n) is 5.70. The van der Waals surface area contributed by atoms with Gasteiger partial charge in [-0.1, -0.05) is 0 Å². The SMILES string of the molecule is O=CO.OC1CNCC1(O)F. The van der Waals surface area contributed by atoms with Crippen molar-refractivity contribution in [2.24, 2.45) is 0 Å². The quantitative estimate of drug-likeness (QED) is 0.323. The van der Waals surface area contributed by atoms with Crippen molar-refractivity contribution >= 4 is 6.47 Å². The van der Waals surface area contributed by atoms with Crippen LogP contribution in [-0.4, -0.2) is 46.8 Å². The predicted octanol–water partition coefficient (Wildman–Crippen LogP) is -1.69. The van der Waals surface area contributed by atoms with Crippen LogP contribution in [0.4, 0.5) is 4.39 Å². The van der Waals surface area contributed by atoms with E-state index < -0.39 is 12.0 Å². The van der Waals surface area contributed by atoms with E-state index >= 15 is 0 Å².